The third-order valence-electron chi connectivity index (χ3n) is 2.59. The summed E-state index contributed by atoms with van der Waals surface area (Å²) in [5, 5.41) is 18.2. The Morgan fingerprint density at radius 2 is 1.36 bits per heavy atom. The van der Waals surface area contributed by atoms with Gasteiger partial charge in [0.2, 0.25) is 0 Å². The molecule has 8 nitrogen and oxygen atoms in total. The van der Waals surface area contributed by atoms with Gasteiger partial charge in [-0.1, -0.05) is 0 Å². The maximum absolute atomic E-state index is 11.9. The third kappa shape index (κ3) is 3.60. The molecule has 1 rings (SSSR count). The lowest BCUT2D eigenvalue weighted by molar-refractivity contribution is 0.0473. The molecule has 0 radical (unpaired) electrons. The first-order chi connectivity index (χ1) is 10.3. The molecule has 0 bridgehead atoms. The van der Waals surface area contributed by atoms with Gasteiger partial charge in [0.15, 0.2) is 0 Å². The second kappa shape index (κ2) is 7.21. The maximum Gasteiger partial charge on any atom is 0.339 e. The Morgan fingerprint density at radius 1 is 0.864 bits per heavy atom. The molecule has 0 atom stereocenters. The van der Waals surface area contributed by atoms with Gasteiger partial charge in [0, 0.05) is 0 Å². The van der Waals surface area contributed by atoms with Crippen LogP contribution in [0.3, 0.4) is 0 Å². The summed E-state index contributed by atoms with van der Waals surface area (Å²) in [4.78, 5) is 46.2. The van der Waals surface area contributed by atoms with E-state index < -0.39 is 46.1 Å². The molecule has 0 spiro atoms. The number of rotatable bonds is 6. The van der Waals surface area contributed by atoms with E-state index in [1.165, 1.54) is 13.8 Å². The molecule has 118 valence electrons. The van der Waals surface area contributed by atoms with Gasteiger partial charge in [0.25, 0.3) is 0 Å². The van der Waals surface area contributed by atoms with Crippen LogP contribution in [0.1, 0.15) is 55.3 Å². The van der Waals surface area contributed by atoms with Gasteiger partial charge >= 0.3 is 23.9 Å². The van der Waals surface area contributed by atoms with Gasteiger partial charge in [-0.25, -0.2) is 19.2 Å². The quantitative estimate of drug-likeness (QED) is 0.755. The smallest absolute Gasteiger partial charge is 0.339 e. The summed E-state index contributed by atoms with van der Waals surface area (Å²) >= 11 is 0. The standard InChI is InChI=1S/C14H14O8/c1-3-21-13(19)9-6-7(11(15)16)5-8(12(17)18)10(9)14(20)22-4-2/h5-6H,3-4H2,1-2H3,(H,15,16)(H,17,18). The minimum atomic E-state index is -1.56. The minimum Gasteiger partial charge on any atom is -0.478 e. The van der Waals surface area contributed by atoms with Gasteiger partial charge in [-0.2, -0.15) is 0 Å². The Bertz CT molecular complexity index is 632. The van der Waals surface area contributed by atoms with Gasteiger partial charge in [-0.3, -0.25) is 0 Å². The number of ether oxygens (including phenoxy) is 2. The fraction of sp³-hybridized carbons (Fsp3) is 0.286. The summed E-state index contributed by atoms with van der Waals surface area (Å²) < 4.78 is 9.46. The van der Waals surface area contributed by atoms with Crippen LogP contribution in [-0.2, 0) is 9.47 Å². The molecule has 0 saturated carbocycles. The van der Waals surface area contributed by atoms with Crippen LogP contribution in [0.25, 0.3) is 0 Å². The molecule has 2 N–H and O–H groups in total. The fourth-order valence-electron chi connectivity index (χ4n) is 1.73. The van der Waals surface area contributed by atoms with Crippen LogP contribution in [0.15, 0.2) is 12.1 Å². The number of aromatic carboxylic acids is 2. The number of benzene rings is 1. The molecular formula is C14H14O8. The summed E-state index contributed by atoms with van der Waals surface area (Å²) in [7, 11) is 0. The highest BCUT2D eigenvalue weighted by Gasteiger charge is 2.28. The van der Waals surface area contributed by atoms with E-state index in [2.05, 4.69) is 0 Å². The second-order valence-electron chi connectivity index (χ2n) is 4.00. The number of esters is 2. The van der Waals surface area contributed by atoms with Crippen molar-refractivity contribution in [3.05, 3.63) is 34.4 Å². The molecule has 22 heavy (non-hydrogen) atoms. The Hall–Kier alpha value is -2.90. The third-order valence-corrected chi connectivity index (χ3v) is 2.59. The van der Waals surface area contributed by atoms with Crippen LogP contribution in [0, 0.1) is 0 Å². The molecule has 0 saturated heterocycles. The first-order valence-electron chi connectivity index (χ1n) is 6.32. The highest BCUT2D eigenvalue weighted by Crippen LogP contribution is 2.21. The Labute approximate surface area is 125 Å². The monoisotopic (exact) mass is 310 g/mol. The highest BCUT2D eigenvalue weighted by molar-refractivity contribution is 6.11. The predicted octanol–water partition coefficient (Wildman–Crippen LogP) is 1.44. The van der Waals surface area contributed by atoms with Gasteiger partial charge in [0.05, 0.1) is 35.5 Å². The largest absolute Gasteiger partial charge is 0.478 e. The van der Waals surface area contributed by atoms with Crippen molar-refractivity contribution in [3.63, 3.8) is 0 Å². The Kier molecular flexibility index (Phi) is 5.62. The summed E-state index contributed by atoms with van der Waals surface area (Å²) in [6.45, 7) is 2.96. The van der Waals surface area contributed by atoms with Crippen LogP contribution >= 0.6 is 0 Å². The summed E-state index contributed by atoms with van der Waals surface area (Å²) in [5.74, 6) is -5.05. The molecule has 0 unspecified atom stereocenters. The topological polar surface area (TPSA) is 127 Å². The number of carbonyl (C=O) groups excluding carboxylic acids is 2. The van der Waals surface area contributed by atoms with Crippen molar-refractivity contribution < 1.29 is 38.9 Å². The normalized spacial score (nSPS) is 9.91. The van der Waals surface area contributed by atoms with E-state index in [0.29, 0.717) is 0 Å². The SMILES string of the molecule is CCOC(=O)c1cc(C(=O)O)cc(C(=O)O)c1C(=O)OCC. The lowest BCUT2D eigenvalue weighted by Crippen LogP contribution is -2.20. The van der Waals surface area contributed by atoms with Gasteiger partial charge in [-0.15, -0.1) is 0 Å². The zero-order valence-corrected chi connectivity index (χ0v) is 11.9. The van der Waals surface area contributed by atoms with E-state index >= 15 is 0 Å². The second-order valence-corrected chi connectivity index (χ2v) is 4.00. The Morgan fingerprint density at radius 3 is 1.82 bits per heavy atom. The molecule has 0 aromatic heterocycles. The molecule has 0 fully saturated rings. The molecule has 0 heterocycles. The van der Waals surface area contributed by atoms with E-state index in [-0.39, 0.29) is 13.2 Å². The molecule has 0 aliphatic carbocycles. The molecular weight excluding hydrogens is 296 g/mol. The molecule has 0 aliphatic rings. The molecule has 1 aromatic carbocycles. The summed E-state index contributed by atoms with van der Waals surface area (Å²) in [5.41, 5.74) is -2.08. The molecule has 0 aliphatic heterocycles. The fourth-order valence-corrected chi connectivity index (χ4v) is 1.73. The van der Waals surface area contributed by atoms with Crippen molar-refractivity contribution in [1.82, 2.24) is 0 Å². The summed E-state index contributed by atoms with van der Waals surface area (Å²) in [6, 6.07) is 1.68. The van der Waals surface area contributed by atoms with E-state index in [0.717, 1.165) is 12.1 Å². The molecule has 0 amide bonds. The zero-order chi connectivity index (χ0) is 16.9. The first-order valence-corrected chi connectivity index (χ1v) is 6.32. The summed E-state index contributed by atoms with van der Waals surface area (Å²) in [6.07, 6.45) is 0. The number of carboxylic acid groups (broad SMARTS) is 2. The van der Waals surface area contributed by atoms with Gasteiger partial charge in [0.1, 0.15) is 0 Å². The molecule has 8 heteroatoms. The predicted molar refractivity (Wildman–Crippen MR) is 72.3 cm³/mol. The lowest BCUT2D eigenvalue weighted by Gasteiger charge is -2.12. The highest BCUT2D eigenvalue weighted by atomic mass is 16.5. The van der Waals surface area contributed by atoms with Crippen LogP contribution < -0.4 is 0 Å². The van der Waals surface area contributed by atoms with E-state index in [1.54, 1.807) is 0 Å². The minimum absolute atomic E-state index is 0.0270. The number of carboxylic acids is 2. The maximum atomic E-state index is 11.9. The van der Waals surface area contributed by atoms with Crippen LogP contribution in [-0.4, -0.2) is 47.3 Å². The average Bonchev–Trinajstić information content (AvgIpc) is 2.46. The molecule has 1 aromatic rings. The van der Waals surface area contributed by atoms with Crippen molar-refractivity contribution in [3.8, 4) is 0 Å². The van der Waals surface area contributed by atoms with E-state index in [9.17, 15) is 24.3 Å². The van der Waals surface area contributed by atoms with Gasteiger partial charge in [-0.05, 0) is 26.0 Å². The number of hydrogen-bond donors (Lipinski definition) is 2. The first kappa shape index (κ1) is 17.2. The van der Waals surface area contributed by atoms with Crippen LogP contribution in [0.4, 0.5) is 0 Å². The number of hydrogen-bond acceptors (Lipinski definition) is 6. The zero-order valence-electron chi connectivity index (χ0n) is 11.9. The van der Waals surface area contributed by atoms with Crippen LogP contribution in [0.2, 0.25) is 0 Å². The lowest BCUT2D eigenvalue weighted by atomic mass is 9.97. The van der Waals surface area contributed by atoms with E-state index in [1.807, 2.05) is 0 Å². The van der Waals surface area contributed by atoms with Crippen molar-refractivity contribution in [2.45, 2.75) is 13.8 Å². The van der Waals surface area contributed by atoms with Crippen molar-refractivity contribution in [2.24, 2.45) is 0 Å². The van der Waals surface area contributed by atoms with Crippen molar-refractivity contribution in [2.75, 3.05) is 13.2 Å². The average molecular weight is 310 g/mol. The van der Waals surface area contributed by atoms with Gasteiger partial charge < -0.3 is 19.7 Å². The van der Waals surface area contributed by atoms with Crippen LogP contribution in [0.5, 0.6) is 0 Å². The Balaban J connectivity index is 3.66. The van der Waals surface area contributed by atoms with E-state index in [4.69, 9.17) is 14.6 Å². The van der Waals surface area contributed by atoms with Crippen molar-refractivity contribution >= 4 is 23.9 Å². The number of carbonyl (C=O) groups is 4. The van der Waals surface area contributed by atoms with Crippen molar-refractivity contribution in [1.29, 1.82) is 0 Å².